The standard InChI is InChI=1S/C25H26FN5O3/c1-34-21-7-5-16(6-8-21)9-22-25(33)30-15-19(11-23(30)24(32)29-22)27-12-17-13-28-31(14-17)20-4-2-3-18(26)10-20/h2-8,10,13-14,19,22-23,27H,9,11-12,15H2,1H3,(H,29,32)/t19-,22-,23-/m0/s1. The lowest BCUT2D eigenvalue weighted by Gasteiger charge is -2.34. The highest BCUT2D eigenvalue weighted by atomic mass is 19.1. The summed E-state index contributed by atoms with van der Waals surface area (Å²) < 4.78 is 20.3. The number of hydrogen-bond acceptors (Lipinski definition) is 5. The number of fused-ring (bicyclic) bond motifs is 1. The highest BCUT2D eigenvalue weighted by Crippen LogP contribution is 2.25. The molecule has 2 N–H and O–H groups in total. The number of nitrogens with zero attached hydrogens (tertiary/aromatic N) is 3. The van der Waals surface area contributed by atoms with E-state index < -0.39 is 12.1 Å². The number of carbonyl (C=O) groups is 2. The van der Waals surface area contributed by atoms with Crippen LogP contribution in [0, 0.1) is 5.82 Å². The van der Waals surface area contributed by atoms with Crippen molar-refractivity contribution in [2.24, 2.45) is 0 Å². The van der Waals surface area contributed by atoms with E-state index >= 15 is 0 Å². The lowest BCUT2D eigenvalue weighted by atomic mass is 10.0. The Morgan fingerprint density at radius 3 is 2.76 bits per heavy atom. The van der Waals surface area contributed by atoms with Crippen LogP contribution in [0.1, 0.15) is 17.5 Å². The van der Waals surface area contributed by atoms with E-state index in [1.807, 2.05) is 30.5 Å². The van der Waals surface area contributed by atoms with E-state index in [9.17, 15) is 14.0 Å². The minimum atomic E-state index is -0.569. The van der Waals surface area contributed by atoms with E-state index in [4.69, 9.17) is 4.74 Å². The molecule has 9 heteroatoms. The van der Waals surface area contributed by atoms with Crippen molar-refractivity contribution < 1.29 is 18.7 Å². The quantitative estimate of drug-likeness (QED) is 0.558. The number of methoxy groups -OCH3 is 1. The van der Waals surface area contributed by atoms with Gasteiger partial charge in [0.25, 0.3) is 0 Å². The third-order valence-corrected chi connectivity index (χ3v) is 6.40. The SMILES string of the molecule is COc1ccc(C[C@@H]2NC(=O)[C@@H]3C[C@H](NCc4cnn(-c5cccc(F)c5)c4)CN3C2=O)cc1. The predicted molar refractivity (Wildman–Crippen MR) is 123 cm³/mol. The fourth-order valence-electron chi connectivity index (χ4n) is 4.61. The maximum atomic E-state index is 13.5. The Morgan fingerprint density at radius 1 is 1.18 bits per heavy atom. The van der Waals surface area contributed by atoms with Crippen LogP contribution in [-0.2, 0) is 22.6 Å². The summed E-state index contributed by atoms with van der Waals surface area (Å²) in [5.41, 5.74) is 2.54. The van der Waals surface area contributed by atoms with Crippen LogP contribution in [-0.4, -0.2) is 58.3 Å². The van der Waals surface area contributed by atoms with Gasteiger partial charge in [-0.2, -0.15) is 5.10 Å². The molecule has 0 saturated carbocycles. The first kappa shape index (κ1) is 22.1. The summed E-state index contributed by atoms with van der Waals surface area (Å²) in [7, 11) is 1.61. The molecule has 2 fully saturated rings. The van der Waals surface area contributed by atoms with Crippen molar-refractivity contribution in [1.82, 2.24) is 25.3 Å². The van der Waals surface area contributed by atoms with Gasteiger partial charge in [-0.3, -0.25) is 9.59 Å². The fourth-order valence-corrected chi connectivity index (χ4v) is 4.61. The van der Waals surface area contributed by atoms with Gasteiger partial charge < -0.3 is 20.3 Å². The van der Waals surface area contributed by atoms with Crippen LogP contribution < -0.4 is 15.4 Å². The van der Waals surface area contributed by atoms with Crippen LogP contribution in [0.5, 0.6) is 5.75 Å². The number of halogens is 1. The van der Waals surface area contributed by atoms with Gasteiger partial charge in [0.15, 0.2) is 0 Å². The lowest BCUT2D eigenvalue weighted by molar-refractivity contribution is -0.147. The zero-order chi connectivity index (χ0) is 23.7. The van der Waals surface area contributed by atoms with E-state index in [0.717, 1.165) is 16.9 Å². The van der Waals surface area contributed by atoms with Crippen molar-refractivity contribution in [3.63, 3.8) is 0 Å². The van der Waals surface area contributed by atoms with E-state index in [1.165, 1.54) is 12.1 Å². The Bertz CT molecular complexity index is 1200. The molecule has 0 unspecified atom stereocenters. The van der Waals surface area contributed by atoms with Crippen LogP contribution in [0.2, 0.25) is 0 Å². The fraction of sp³-hybridized carbons (Fsp3) is 0.320. The minimum absolute atomic E-state index is 0.00282. The zero-order valence-electron chi connectivity index (χ0n) is 18.8. The predicted octanol–water partition coefficient (Wildman–Crippen LogP) is 1.82. The molecule has 3 aromatic rings. The second-order valence-corrected chi connectivity index (χ2v) is 8.71. The average Bonchev–Trinajstić information content (AvgIpc) is 3.49. The maximum absolute atomic E-state index is 13.5. The Labute approximate surface area is 196 Å². The first-order valence-corrected chi connectivity index (χ1v) is 11.3. The van der Waals surface area contributed by atoms with Gasteiger partial charge in [-0.25, -0.2) is 9.07 Å². The highest BCUT2D eigenvalue weighted by Gasteiger charge is 2.46. The number of carbonyl (C=O) groups excluding carboxylic acids is 2. The number of benzene rings is 2. The molecule has 5 rings (SSSR count). The molecule has 176 valence electrons. The number of piperazine rings is 1. The molecule has 2 saturated heterocycles. The molecule has 0 radical (unpaired) electrons. The van der Waals surface area contributed by atoms with E-state index in [1.54, 1.807) is 35.0 Å². The van der Waals surface area contributed by atoms with Crippen LogP contribution >= 0.6 is 0 Å². The van der Waals surface area contributed by atoms with Crippen molar-refractivity contribution in [1.29, 1.82) is 0 Å². The third kappa shape index (κ3) is 4.51. The molecule has 34 heavy (non-hydrogen) atoms. The molecule has 2 amide bonds. The van der Waals surface area contributed by atoms with Gasteiger partial charge >= 0.3 is 0 Å². The molecule has 0 spiro atoms. The van der Waals surface area contributed by atoms with Crippen molar-refractivity contribution in [3.05, 3.63) is 77.9 Å². The smallest absolute Gasteiger partial charge is 0.246 e. The number of rotatable bonds is 7. The Hall–Kier alpha value is -3.72. The van der Waals surface area contributed by atoms with Gasteiger partial charge in [0.1, 0.15) is 23.7 Å². The molecule has 3 heterocycles. The minimum Gasteiger partial charge on any atom is -0.497 e. The molecular formula is C25H26FN5O3. The van der Waals surface area contributed by atoms with Gasteiger partial charge in [0, 0.05) is 37.3 Å². The lowest BCUT2D eigenvalue weighted by Crippen LogP contribution is -2.61. The molecule has 1 aromatic heterocycles. The Morgan fingerprint density at radius 2 is 2.00 bits per heavy atom. The summed E-state index contributed by atoms with van der Waals surface area (Å²) >= 11 is 0. The second kappa shape index (κ2) is 9.26. The van der Waals surface area contributed by atoms with E-state index in [2.05, 4.69) is 15.7 Å². The van der Waals surface area contributed by atoms with Gasteiger partial charge in [0.2, 0.25) is 11.8 Å². The van der Waals surface area contributed by atoms with Gasteiger partial charge in [-0.1, -0.05) is 18.2 Å². The Balaban J connectivity index is 1.19. The Kier molecular flexibility index (Phi) is 6.02. The third-order valence-electron chi connectivity index (χ3n) is 6.40. The van der Waals surface area contributed by atoms with Crippen LogP contribution in [0.3, 0.4) is 0 Å². The summed E-state index contributed by atoms with van der Waals surface area (Å²) in [5, 5.41) is 10.6. The summed E-state index contributed by atoms with van der Waals surface area (Å²) in [5.74, 6) is 0.270. The number of amides is 2. The largest absolute Gasteiger partial charge is 0.497 e. The molecule has 2 aliphatic rings. The maximum Gasteiger partial charge on any atom is 0.246 e. The van der Waals surface area contributed by atoms with Crippen LogP contribution in [0.25, 0.3) is 5.69 Å². The number of nitrogens with one attached hydrogen (secondary N) is 2. The highest BCUT2D eigenvalue weighted by molar-refractivity contribution is 5.97. The monoisotopic (exact) mass is 463 g/mol. The average molecular weight is 464 g/mol. The van der Waals surface area contributed by atoms with Crippen LogP contribution in [0.4, 0.5) is 4.39 Å². The summed E-state index contributed by atoms with van der Waals surface area (Å²) in [6.07, 6.45) is 4.57. The van der Waals surface area contributed by atoms with Gasteiger partial charge in [0.05, 0.1) is 19.0 Å². The molecule has 2 aliphatic heterocycles. The van der Waals surface area contributed by atoms with Crippen molar-refractivity contribution in [2.45, 2.75) is 37.5 Å². The zero-order valence-corrected chi connectivity index (χ0v) is 18.8. The molecule has 3 atom stereocenters. The number of ether oxygens (including phenoxy) is 1. The van der Waals surface area contributed by atoms with Crippen molar-refractivity contribution >= 4 is 11.8 Å². The first-order chi connectivity index (χ1) is 16.5. The van der Waals surface area contributed by atoms with Crippen molar-refractivity contribution in [2.75, 3.05) is 13.7 Å². The summed E-state index contributed by atoms with van der Waals surface area (Å²) in [6.45, 7) is 1.01. The van der Waals surface area contributed by atoms with Crippen molar-refractivity contribution in [3.8, 4) is 11.4 Å². The summed E-state index contributed by atoms with van der Waals surface area (Å²) in [6, 6.07) is 12.7. The summed E-state index contributed by atoms with van der Waals surface area (Å²) in [4.78, 5) is 27.5. The van der Waals surface area contributed by atoms with Crippen LogP contribution in [0.15, 0.2) is 60.9 Å². The number of aromatic nitrogens is 2. The molecule has 2 aromatic carbocycles. The van der Waals surface area contributed by atoms with Gasteiger partial charge in [-0.15, -0.1) is 0 Å². The topological polar surface area (TPSA) is 88.5 Å². The van der Waals surface area contributed by atoms with Gasteiger partial charge in [-0.05, 0) is 42.3 Å². The number of hydrogen-bond donors (Lipinski definition) is 2. The normalized spacial score (nSPS) is 21.9. The molecule has 0 bridgehead atoms. The second-order valence-electron chi connectivity index (χ2n) is 8.71. The molecular weight excluding hydrogens is 437 g/mol. The first-order valence-electron chi connectivity index (χ1n) is 11.3. The molecule has 0 aliphatic carbocycles. The molecule has 8 nitrogen and oxygen atoms in total. The van der Waals surface area contributed by atoms with E-state index in [-0.39, 0.29) is 23.7 Å². The van der Waals surface area contributed by atoms with E-state index in [0.29, 0.717) is 31.6 Å².